The predicted molar refractivity (Wildman–Crippen MR) is 101 cm³/mol. The van der Waals surface area contributed by atoms with Crippen molar-refractivity contribution in [1.29, 1.82) is 0 Å². The van der Waals surface area contributed by atoms with Crippen LogP contribution in [0.2, 0.25) is 5.02 Å². The summed E-state index contributed by atoms with van der Waals surface area (Å²) in [4.78, 5) is 12.3. The lowest BCUT2D eigenvalue weighted by Gasteiger charge is -2.24. The molecular weight excluding hydrogens is 360 g/mol. The van der Waals surface area contributed by atoms with Crippen molar-refractivity contribution in [3.8, 4) is 0 Å². The van der Waals surface area contributed by atoms with E-state index in [1.54, 1.807) is 25.1 Å². The average molecular weight is 381 g/mol. The Balaban J connectivity index is 2.13. The van der Waals surface area contributed by atoms with E-state index in [9.17, 15) is 13.2 Å². The van der Waals surface area contributed by atoms with Crippen molar-refractivity contribution in [3.63, 3.8) is 0 Å². The van der Waals surface area contributed by atoms with E-state index in [-0.39, 0.29) is 12.5 Å². The molecule has 0 bridgehead atoms. The second-order valence-electron chi connectivity index (χ2n) is 5.92. The largest absolute Gasteiger partial charge is 0.350 e. The second kappa shape index (κ2) is 7.89. The summed E-state index contributed by atoms with van der Waals surface area (Å²) >= 11 is 6.08. The molecule has 0 aliphatic carbocycles. The fourth-order valence-electron chi connectivity index (χ4n) is 2.34. The number of hydrogen-bond acceptors (Lipinski definition) is 3. The Kier molecular flexibility index (Phi) is 6.08. The molecule has 0 radical (unpaired) electrons. The highest BCUT2D eigenvalue weighted by molar-refractivity contribution is 7.92. The van der Waals surface area contributed by atoms with Gasteiger partial charge in [-0.1, -0.05) is 47.5 Å². The molecule has 0 aliphatic rings. The van der Waals surface area contributed by atoms with E-state index in [0.29, 0.717) is 22.8 Å². The molecule has 1 amide bonds. The summed E-state index contributed by atoms with van der Waals surface area (Å²) in [6.45, 7) is 3.75. The monoisotopic (exact) mass is 380 g/mol. The first kappa shape index (κ1) is 19.3. The maximum atomic E-state index is 12.3. The molecule has 134 valence electrons. The molecule has 5 nitrogen and oxygen atoms in total. The number of hydrogen-bond donors (Lipinski definition) is 1. The molecule has 2 rings (SSSR count). The molecule has 0 fully saturated rings. The van der Waals surface area contributed by atoms with E-state index in [1.165, 1.54) is 0 Å². The van der Waals surface area contributed by atoms with Gasteiger partial charge in [0.1, 0.15) is 6.54 Å². The number of nitrogens with zero attached hydrogens (tertiary/aromatic N) is 1. The quantitative estimate of drug-likeness (QED) is 0.837. The number of benzene rings is 2. The fourth-order valence-corrected chi connectivity index (χ4v) is 3.42. The number of amides is 1. The minimum absolute atomic E-state index is 0.300. The first-order chi connectivity index (χ1) is 11.7. The van der Waals surface area contributed by atoms with Crippen LogP contribution >= 0.6 is 11.6 Å². The van der Waals surface area contributed by atoms with Crippen molar-refractivity contribution in [2.24, 2.45) is 0 Å². The van der Waals surface area contributed by atoms with Crippen molar-refractivity contribution < 1.29 is 13.2 Å². The molecule has 1 N–H and O–H groups in total. The molecule has 2 aromatic rings. The van der Waals surface area contributed by atoms with E-state index in [1.807, 2.05) is 31.2 Å². The van der Waals surface area contributed by atoms with E-state index in [2.05, 4.69) is 5.32 Å². The highest BCUT2D eigenvalue weighted by atomic mass is 35.5. The SMILES string of the molecule is Cc1ccc(CNC(=O)CN(c2cccc(Cl)c2C)S(C)(=O)=O)cc1. The van der Waals surface area contributed by atoms with E-state index < -0.39 is 10.0 Å². The Labute approximate surface area is 153 Å². The molecule has 0 heterocycles. The summed E-state index contributed by atoms with van der Waals surface area (Å²) in [6.07, 6.45) is 1.07. The van der Waals surface area contributed by atoms with Crippen molar-refractivity contribution in [2.75, 3.05) is 17.1 Å². The molecule has 0 spiro atoms. The first-order valence-corrected chi connectivity index (χ1v) is 9.96. The van der Waals surface area contributed by atoms with Gasteiger partial charge >= 0.3 is 0 Å². The third-order valence-corrected chi connectivity index (χ3v) is 5.34. The number of carbonyl (C=O) groups is 1. The first-order valence-electron chi connectivity index (χ1n) is 7.73. The molecule has 0 unspecified atom stereocenters. The average Bonchev–Trinajstić information content (AvgIpc) is 2.54. The summed E-state index contributed by atoms with van der Waals surface area (Å²) in [5, 5.41) is 3.20. The van der Waals surface area contributed by atoms with Crippen molar-refractivity contribution in [1.82, 2.24) is 5.32 Å². The zero-order chi connectivity index (χ0) is 18.6. The second-order valence-corrected chi connectivity index (χ2v) is 8.23. The maximum absolute atomic E-state index is 12.3. The predicted octanol–water partition coefficient (Wildman–Crippen LogP) is 3.04. The molecule has 7 heteroatoms. The Morgan fingerprint density at radius 3 is 2.36 bits per heavy atom. The zero-order valence-electron chi connectivity index (χ0n) is 14.4. The highest BCUT2D eigenvalue weighted by Gasteiger charge is 2.22. The smallest absolute Gasteiger partial charge is 0.241 e. The van der Waals surface area contributed by atoms with Crippen LogP contribution in [0.15, 0.2) is 42.5 Å². The van der Waals surface area contributed by atoms with Gasteiger partial charge in [-0.15, -0.1) is 0 Å². The van der Waals surface area contributed by atoms with Crippen LogP contribution in [0.3, 0.4) is 0 Å². The molecule has 0 aromatic heterocycles. The lowest BCUT2D eigenvalue weighted by Crippen LogP contribution is -2.40. The third-order valence-electron chi connectivity index (χ3n) is 3.81. The molecular formula is C18H21ClN2O3S. The number of anilines is 1. The zero-order valence-corrected chi connectivity index (χ0v) is 16.0. The van der Waals surface area contributed by atoms with Crippen molar-refractivity contribution in [2.45, 2.75) is 20.4 Å². The molecule has 0 aliphatic heterocycles. The minimum atomic E-state index is -3.63. The van der Waals surface area contributed by atoms with Gasteiger partial charge in [0.05, 0.1) is 11.9 Å². The van der Waals surface area contributed by atoms with Crippen LogP contribution in [-0.2, 0) is 21.4 Å². The number of sulfonamides is 1. The van der Waals surface area contributed by atoms with Gasteiger partial charge in [-0.05, 0) is 37.1 Å². The topological polar surface area (TPSA) is 66.5 Å². The number of rotatable bonds is 6. The van der Waals surface area contributed by atoms with Crippen molar-refractivity contribution >= 4 is 33.2 Å². The minimum Gasteiger partial charge on any atom is -0.350 e. The lowest BCUT2D eigenvalue weighted by molar-refractivity contribution is -0.119. The normalized spacial score (nSPS) is 11.2. The molecule has 0 atom stereocenters. The lowest BCUT2D eigenvalue weighted by atomic mass is 10.1. The van der Waals surface area contributed by atoms with E-state index in [0.717, 1.165) is 21.7 Å². The summed E-state index contributed by atoms with van der Waals surface area (Å²) in [5.74, 6) is -0.384. The van der Waals surface area contributed by atoms with Crippen LogP contribution in [0, 0.1) is 13.8 Å². The number of carbonyl (C=O) groups excluding carboxylic acids is 1. The van der Waals surface area contributed by atoms with E-state index in [4.69, 9.17) is 11.6 Å². The van der Waals surface area contributed by atoms with Gasteiger partial charge in [-0.25, -0.2) is 8.42 Å². The van der Waals surface area contributed by atoms with Gasteiger partial charge < -0.3 is 5.32 Å². The molecule has 25 heavy (non-hydrogen) atoms. The Morgan fingerprint density at radius 1 is 1.12 bits per heavy atom. The highest BCUT2D eigenvalue weighted by Crippen LogP contribution is 2.27. The Morgan fingerprint density at radius 2 is 1.76 bits per heavy atom. The van der Waals surface area contributed by atoms with Gasteiger partial charge in [0, 0.05) is 11.6 Å². The van der Waals surface area contributed by atoms with Crippen LogP contribution < -0.4 is 9.62 Å². The Hall–Kier alpha value is -2.05. The summed E-state index contributed by atoms with van der Waals surface area (Å²) in [7, 11) is -3.63. The van der Waals surface area contributed by atoms with Gasteiger partial charge in [0.25, 0.3) is 0 Å². The fraction of sp³-hybridized carbons (Fsp3) is 0.278. The number of aryl methyl sites for hydroxylation is 1. The van der Waals surface area contributed by atoms with Crippen LogP contribution in [0.25, 0.3) is 0 Å². The number of nitrogens with one attached hydrogen (secondary N) is 1. The van der Waals surface area contributed by atoms with Gasteiger partial charge in [0.15, 0.2) is 0 Å². The summed E-state index contributed by atoms with van der Waals surface area (Å²) in [5.41, 5.74) is 3.10. The van der Waals surface area contributed by atoms with Crippen LogP contribution in [0.1, 0.15) is 16.7 Å². The van der Waals surface area contributed by atoms with Gasteiger partial charge in [-0.3, -0.25) is 9.10 Å². The molecule has 0 saturated carbocycles. The molecule has 2 aromatic carbocycles. The Bertz CT molecular complexity index is 864. The van der Waals surface area contributed by atoms with Gasteiger partial charge in [0.2, 0.25) is 15.9 Å². The van der Waals surface area contributed by atoms with Crippen molar-refractivity contribution in [3.05, 3.63) is 64.2 Å². The van der Waals surface area contributed by atoms with Crippen LogP contribution in [0.4, 0.5) is 5.69 Å². The number of halogens is 1. The van der Waals surface area contributed by atoms with Crippen LogP contribution in [-0.4, -0.2) is 27.1 Å². The third kappa shape index (κ3) is 5.21. The standard InChI is InChI=1S/C18H21ClN2O3S/c1-13-7-9-15(10-8-13)11-20-18(22)12-21(25(3,23)24)17-6-4-5-16(19)14(17)2/h4-10H,11-12H2,1-3H3,(H,20,22). The van der Waals surface area contributed by atoms with E-state index >= 15 is 0 Å². The van der Waals surface area contributed by atoms with Gasteiger partial charge in [-0.2, -0.15) is 0 Å². The summed E-state index contributed by atoms with van der Waals surface area (Å²) < 4.78 is 25.4. The molecule has 0 saturated heterocycles. The summed E-state index contributed by atoms with van der Waals surface area (Å²) in [6, 6.07) is 12.7. The van der Waals surface area contributed by atoms with Crippen LogP contribution in [0.5, 0.6) is 0 Å². The maximum Gasteiger partial charge on any atom is 0.241 e.